The largest absolute Gasteiger partial charge is 0.459 e. The summed E-state index contributed by atoms with van der Waals surface area (Å²) in [5.74, 6) is -1.08. The number of anilines is 1. The lowest BCUT2D eigenvalue weighted by Crippen LogP contribution is -2.62. The van der Waals surface area contributed by atoms with E-state index in [1.807, 2.05) is 30.3 Å². The molecule has 0 bridgehead atoms. The summed E-state index contributed by atoms with van der Waals surface area (Å²) in [6.45, 7) is 0.176. The Bertz CT molecular complexity index is 768. The van der Waals surface area contributed by atoms with Gasteiger partial charge in [0.25, 0.3) is 0 Å². The number of β-lactam (4-membered cyclic amide) rings is 1. The van der Waals surface area contributed by atoms with Gasteiger partial charge in [-0.1, -0.05) is 30.3 Å². The minimum Gasteiger partial charge on any atom is -0.459 e. The molecule has 0 aliphatic carbocycles. The van der Waals surface area contributed by atoms with Crippen LogP contribution in [-0.4, -0.2) is 36.5 Å². The van der Waals surface area contributed by atoms with Gasteiger partial charge in [0.15, 0.2) is 5.13 Å². The molecule has 25 heavy (non-hydrogen) atoms. The van der Waals surface area contributed by atoms with Gasteiger partial charge in [-0.15, -0.1) is 11.3 Å². The van der Waals surface area contributed by atoms with Gasteiger partial charge in [0.2, 0.25) is 5.91 Å². The Kier molecular flexibility index (Phi) is 5.44. The zero-order valence-corrected chi connectivity index (χ0v) is 14.0. The van der Waals surface area contributed by atoms with E-state index in [0.29, 0.717) is 17.7 Å². The predicted octanol–water partition coefficient (Wildman–Crippen LogP) is 0.765. The van der Waals surface area contributed by atoms with E-state index < -0.39 is 17.9 Å². The molecule has 1 fully saturated rings. The minimum absolute atomic E-state index is 0.176. The van der Waals surface area contributed by atoms with Gasteiger partial charge < -0.3 is 20.1 Å². The second-order valence-corrected chi connectivity index (χ2v) is 6.58. The third-order valence-corrected chi connectivity index (χ3v) is 4.72. The lowest BCUT2D eigenvalue weighted by Gasteiger charge is -2.34. The second kappa shape index (κ2) is 7.93. The highest BCUT2D eigenvalue weighted by Crippen LogP contribution is 2.26. The van der Waals surface area contributed by atoms with Gasteiger partial charge in [-0.2, -0.15) is 0 Å². The summed E-state index contributed by atoms with van der Waals surface area (Å²) in [4.78, 5) is 39.2. The van der Waals surface area contributed by atoms with Gasteiger partial charge >= 0.3 is 13.4 Å². The highest BCUT2D eigenvalue weighted by molar-refractivity contribution is 7.16. The summed E-state index contributed by atoms with van der Waals surface area (Å²) in [6, 6.07) is 8.72. The molecule has 0 saturated carbocycles. The highest BCUT2D eigenvalue weighted by Gasteiger charge is 2.45. The second-order valence-electron chi connectivity index (χ2n) is 5.47. The molecule has 3 rings (SSSR count). The fourth-order valence-electron chi connectivity index (χ4n) is 2.46. The van der Waals surface area contributed by atoms with Crippen LogP contribution in [0.4, 0.5) is 5.13 Å². The molecular formula is C16H15BN3O4S. The van der Waals surface area contributed by atoms with Crippen molar-refractivity contribution in [1.82, 2.24) is 10.3 Å². The fourth-order valence-corrected chi connectivity index (χ4v) is 3.31. The van der Waals surface area contributed by atoms with Crippen LogP contribution in [0.15, 0.2) is 36.5 Å². The van der Waals surface area contributed by atoms with Crippen molar-refractivity contribution in [2.45, 2.75) is 19.1 Å². The van der Waals surface area contributed by atoms with Crippen molar-refractivity contribution in [1.29, 1.82) is 0 Å². The van der Waals surface area contributed by atoms with E-state index >= 15 is 0 Å². The Labute approximate surface area is 149 Å². The lowest BCUT2D eigenvalue weighted by molar-refractivity contribution is -0.158. The zero-order chi connectivity index (χ0) is 17.6. The molecule has 1 radical (unpaired) electrons. The summed E-state index contributed by atoms with van der Waals surface area (Å²) in [7, 11) is 1.24. The van der Waals surface area contributed by atoms with Crippen LogP contribution in [0.1, 0.15) is 10.4 Å². The average Bonchev–Trinajstić information content (AvgIpc) is 3.09. The third kappa shape index (κ3) is 4.24. The normalized spacial score (nSPS) is 18.6. The van der Waals surface area contributed by atoms with Crippen LogP contribution in [0.2, 0.25) is 0 Å². The Morgan fingerprint density at radius 2 is 2.20 bits per heavy atom. The Hall–Kier alpha value is -2.68. The first-order valence-electron chi connectivity index (χ1n) is 7.66. The summed E-state index contributed by atoms with van der Waals surface area (Å²) in [6.07, 6.45) is 2.65. The van der Waals surface area contributed by atoms with Crippen molar-refractivity contribution >= 4 is 41.9 Å². The molecule has 1 aliphatic rings. The molecule has 7 nitrogen and oxygen atoms in total. The number of carbonyl (C=O) groups excluding carboxylic acids is 3. The number of thiazole rings is 1. The third-order valence-electron chi connectivity index (χ3n) is 3.76. The number of carbonyl (C=O) groups is 3. The molecule has 1 amide bonds. The van der Waals surface area contributed by atoms with Gasteiger partial charge in [0.1, 0.15) is 18.8 Å². The maximum absolute atomic E-state index is 12.2. The number of hydrogen-bond donors (Lipinski definition) is 2. The maximum atomic E-state index is 12.2. The molecule has 9 heteroatoms. The van der Waals surface area contributed by atoms with Crippen molar-refractivity contribution < 1.29 is 19.1 Å². The molecule has 2 N–H and O–H groups in total. The molecule has 1 aromatic carbocycles. The summed E-state index contributed by atoms with van der Waals surface area (Å²) < 4.78 is 5.28. The smallest absolute Gasteiger partial charge is 0.329 e. The molecule has 127 valence electrons. The predicted molar refractivity (Wildman–Crippen MR) is 93.6 cm³/mol. The van der Waals surface area contributed by atoms with E-state index in [-0.39, 0.29) is 12.5 Å². The first kappa shape index (κ1) is 17.2. The van der Waals surface area contributed by atoms with E-state index in [4.69, 9.17) is 4.74 Å². The number of hydrogen-bond acceptors (Lipinski definition) is 7. The first-order chi connectivity index (χ1) is 12.2. The quantitative estimate of drug-likeness (QED) is 0.314. The molecule has 1 aliphatic heterocycles. The lowest BCUT2D eigenvalue weighted by atomic mass is 9.87. The summed E-state index contributed by atoms with van der Waals surface area (Å²) in [5.41, 5.74) is 0.891. The van der Waals surface area contributed by atoms with Gasteiger partial charge in [-0.3, -0.25) is 4.79 Å². The van der Waals surface area contributed by atoms with Crippen LogP contribution in [0.25, 0.3) is 0 Å². The Morgan fingerprint density at radius 3 is 2.92 bits per heavy atom. The zero-order valence-electron chi connectivity index (χ0n) is 13.2. The van der Waals surface area contributed by atoms with Crippen LogP contribution >= 0.6 is 11.3 Å². The average molecular weight is 356 g/mol. The van der Waals surface area contributed by atoms with Crippen molar-refractivity contribution in [3.8, 4) is 0 Å². The van der Waals surface area contributed by atoms with Crippen molar-refractivity contribution in [2.24, 2.45) is 5.92 Å². The van der Waals surface area contributed by atoms with E-state index in [1.54, 1.807) is 6.20 Å². The number of amides is 1. The number of esters is 1. The van der Waals surface area contributed by atoms with Gasteiger partial charge in [-0.05, 0) is 12.0 Å². The van der Waals surface area contributed by atoms with Gasteiger partial charge in [0.05, 0.1) is 5.92 Å². The van der Waals surface area contributed by atoms with Crippen LogP contribution < -0.4 is 10.5 Å². The standard InChI is InChI=1S/C16H15BN3O4S/c21-9-17-20-16-18-7-11(25-16)6-12-13(19-14(12)22)15(23)24-8-10-4-2-1-3-5-10/h1-5,7,9,12-13H,6,8H2,(H,18,20)(H,19,22)/t12-,13+/m1/s1. The van der Waals surface area contributed by atoms with E-state index in [1.165, 1.54) is 18.8 Å². The summed E-state index contributed by atoms with van der Waals surface area (Å²) >= 11 is 1.33. The molecular weight excluding hydrogens is 341 g/mol. The molecule has 1 aromatic heterocycles. The van der Waals surface area contributed by atoms with Crippen molar-refractivity contribution in [3.05, 3.63) is 47.0 Å². The molecule has 1 saturated heterocycles. The fraction of sp³-hybridized carbons (Fsp3) is 0.250. The topological polar surface area (TPSA) is 97.4 Å². The van der Waals surface area contributed by atoms with Crippen molar-refractivity contribution in [3.63, 3.8) is 0 Å². The minimum atomic E-state index is -0.642. The number of ether oxygens (including phenoxy) is 1. The highest BCUT2D eigenvalue weighted by atomic mass is 32.1. The molecule has 0 spiro atoms. The van der Waals surface area contributed by atoms with Gasteiger partial charge in [-0.25, -0.2) is 9.78 Å². The van der Waals surface area contributed by atoms with E-state index in [2.05, 4.69) is 15.5 Å². The number of nitrogens with one attached hydrogen (secondary N) is 2. The molecule has 0 unspecified atom stereocenters. The number of rotatable bonds is 8. The van der Waals surface area contributed by atoms with Crippen LogP contribution in [0.3, 0.4) is 0 Å². The van der Waals surface area contributed by atoms with Crippen LogP contribution in [0.5, 0.6) is 0 Å². The first-order valence-corrected chi connectivity index (χ1v) is 8.48. The van der Waals surface area contributed by atoms with Gasteiger partial charge in [0, 0.05) is 11.1 Å². The number of benzene rings is 1. The monoisotopic (exact) mass is 356 g/mol. The number of nitrogens with zero attached hydrogens (tertiary/aromatic N) is 1. The Balaban J connectivity index is 1.54. The SMILES string of the molecule is O=C[B]Nc1ncc(C[C@H]2C(=O)N[C@@H]2C(=O)OCc2ccccc2)s1. The van der Waals surface area contributed by atoms with E-state index in [9.17, 15) is 14.4 Å². The van der Waals surface area contributed by atoms with E-state index in [0.717, 1.165) is 10.4 Å². The van der Waals surface area contributed by atoms with Crippen LogP contribution in [0, 0.1) is 5.92 Å². The van der Waals surface area contributed by atoms with Crippen LogP contribution in [-0.2, 0) is 32.1 Å². The molecule has 2 aromatic rings. The molecule has 2 atom stereocenters. The molecule has 2 heterocycles. The maximum Gasteiger partial charge on any atom is 0.329 e. The Morgan fingerprint density at radius 1 is 1.40 bits per heavy atom. The number of aromatic nitrogens is 1. The summed E-state index contributed by atoms with van der Waals surface area (Å²) in [5, 5.41) is 5.88. The van der Waals surface area contributed by atoms with Crippen molar-refractivity contribution in [2.75, 3.05) is 5.23 Å².